The Kier molecular flexibility index (Phi) is 5.26. The summed E-state index contributed by atoms with van der Waals surface area (Å²) in [5.41, 5.74) is 0.358. The van der Waals surface area contributed by atoms with Crippen LogP contribution in [0.2, 0.25) is 0 Å². The summed E-state index contributed by atoms with van der Waals surface area (Å²) in [4.78, 5) is 20.7. The van der Waals surface area contributed by atoms with E-state index in [-0.39, 0.29) is 17.7 Å². The first-order chi connectivity index (χ1) is 12.3. The highest BCUT2D eigenvalue weighted by Crippen LogP contribution is 2.23. The van der Waals surface area contributed by atoms with E-state index in [9.17, 15) is 23.1 Å². The molecule has 0 unspecified atom stereocenters. The van der Waals surface area contributed by atoms with Crippen molar-refractivity contribution in [2.45, 2.75) is 44.0 Å². The lowest BCUT2D eigenvalue weighted by atomic mass is 9.93. The summed E-state index contributed by atoms with van der Waals surface area (Å²) in [5, 5.41) is 15.2. The van der Waals surface area contributed by atoms with Gasteiger partial charge < -0.3 is 15.7 Å². The molecule has 1 amide bonds. The van der Waals surface area contributed by atoms with Crippen molar-refractivity contribution in [1.29, 1.82) is 0 Å². The molecule has 0 radical (unpaired) electrons. The van der Waals surface area contributed by atoms with Crippen LogP contribution in [0.25, 0.3) is 10.9 Å². The van der Waals surface area contributed by atoms with E-state index in [0.717, 1.165) is 12.8 Å². The van der Waals surface area contributed by atoms with E-state index in [1.165, 1.54) is 12.3 Å². The van der Waals surface area contributed by atoms with Crippen molar-refractivity contribution in [3.05, 3.63) is 30.0 Å². The number of aromatic nitrogens is 2. The first-order valence-electron chi connectivity index (χ1n) is 8.37. The van der Waals surface area contributed by atoms with Crippen molar-refractivity contribution in [3.63, 3.8) is 0 Å². The normalized spacial score (nSPS) is 20.8. The van der Waals surface area contributed by atoms with Crippen LogP contribution in [0.5, 0.6) is 0 Å². The number of benzene rings is 1. The van der Waals surface area contributed by atoms with Crippen LogP contribution in [0, 0.1) is 0 Å². The Morgan fingerprint density at radius 3 is 2.65 bits per heavy atom. The molecule has 1 aliphatic rings. The molecule has 0 saturated heterocycles. The molecule has 0 aliphatic heterocycles. The third-order valence-electron chi connectivity index (χ3n) is 4.33. The minimum absolute atomic E-state index is 0.0660. The van der Waals surface area contributed by atoms with Crippen molar-refractivity contribution < 1.29 is 23.1 Å². The van der Waals surface area contributed by atoms with E-state index in [1.54, 1.807) is 12.1 Å². The second-order valence-electron chi connectivity index (χ2n) is 6.38. The maximum Gasteiger partial charge on any atom is 0.405 e. The van der Waals surface area contributed by atoms with Crippen LogP contribution >= 0.6 is 0 Å². The summed E-state index contributed by atoms with van der Waals surface area (Å²) >= 11 is 0. The average molecular weight is 368 g/mol. The van der Waals surface area contributed by atoms with E-state index < -0.39 is 18.6 Å². The molecule has 1 aromatic carbocycles. The van der Waals surface area contributed by atoms with E-state index >= 15 is 0 Å². The van der Waals surface area contributed by atoms with Gasteiger partial charge in [0.1, 0.15) is 6.54 Å². The van der Waals surface area contributed by atoms with Gasteiger partial charge in [0.15, 0.2) is 0 Å². The van der Waals surface area contributed by atoms with Crippen LogP contribution in [-0.2, 0) is 0 Å². The number of anilines is 1. The molecule has 9 heteroatoms. The summed E-state index contributed by atoms with van der Waals surface area (Å²) in [6, 6.07) is 4.81. The van der Waals surface area contributed by atoms with Crippen molar-refractivity contribution in [2.75, 3.05) is 11.9 Å². The number of hydrogen-bond acceptors (Lipinski definition) is 5. The molecule has 3 N–H and O–H groups in total. The average Bonchev–Trinajstić information content (AvgIpc) is 2.60. The number of carbonyl (C=O) groups excluding carboxylic acids is 1. The predicted molar refractivity (Wildman–Crippen MR) is 89.8 cm³/mol. The van der Waals surface area contributed by atoms with Crippen molar-refractivity contribution in [1.82, 2.24) is 15.3 Å². The zero-order valence-corrected chi connectivity index (χ0v) is 13.9. The Morgan fingerprint density at radius 1 is 1.23 bits per heavy atom. The molecule has 0 bridgehead atoms. The predicted octanol–water partition coefficient (Wildman–Crippen LogP) is 2.64. The van der Waals surface area contributed by atoms with E-state index in [0.29, 0.717) is 29.7 Å². The molecule has 6 nitrogen and oxygen atoms in total. The molecular weight excluding hydrogens is 349 g/mol. The number of amides is 1. The largest absolute Gasteiger partial charge is 0.405 e. The first-order valence-corrected chi connectivity index (χ1v) is 8.37. The molecule has 0 spiro atoms. The van der Waals surface area contributed by atoms with E-state index in [4.69, 9.17) is 0 Å². The third-order valence-corrected chi connectivity index (χ3v) is 4.33. The van der Waals surface area contributed by atoms with E-state index in [2.05, 4.69) is 15.3 Å². The Balaban J connectivity index is 1.80. The lowest BCUT2D eigenvalue weighted by Gasteiger charge is -2.26. The molecule has 3 rings (SSSR count). The topological polar surface area (TPSA) is 87.1 Å². The summed E-state index contributed by atoms with van der Waals surface area (Å²) in [7, 11) is 0. The molecule has 1 fully saturated rings. The van der Waals surface area contributed by atoms with Gasteiger partial charge in [0.05, 0.1) is 17.2 Å². The number of aliphatic hydroxyl groups is 1. The van der Waals surface area contributed by atoms with Crippen LogP contribution in [0.3, 0.4) is 0 Å². The first kappa shape index (κ1) is 18.4. The van der Waals surface area contributed by atoms with Gasteiger partial charge in [0.2, 0.25) is 5.95 Å². The third kappa shape index (κ3) is 4.60. The van der Waals surface area contributed by atoms with Gasteiger partial charge in [0, 0.05) is 17.6 Å². The summed E-state index contributed by atoms with van der Waals surface area (Å²) < 4.78 is 37.0. The SMILES string of the molecule is O=C(NCC(F)(F)F)c1cccc2cnc(N[C@H]3CC[C@H](O)CC3)nc12. The molecular formula is C17H19F3N4O2. The zero-order chi connectivity index (χ0) is 18.7. The number of alkyl halides is 3. The van der Waals surface area contributed by atoms with Crippen LogP contribution in [0.4, 0.5) is 19.1 Å². The standard InChI is InChI=1S/C17H19F3N4O2/c18-17(19,20)9-22-15(26)13-3-1-2-10-8-21-16(24-14(10)13)23-11-4-6-12(25)7-5-11/h1-3,8,11-12,25H,4-7,9H2,(H,22,26)(H,21,23,24)/t11-,12-. The Morgan fingerprint density at radius 2 is 1.96 bits per heavy atom. The Hall–Kier alpha value is -2.42. The minimum atomic E-state index is -4.48. The molecule has 2 aromatic rings. The maximum absolute atomic E-state index is 12.3. The highest BCUT2D eigenvalue weighted by atomic mass is 19.4. The van der Waals surface area contributed by atoms with E-state index in [1.807, 2.05) is 5.32 Å². The number of para-hydroxylation sites is 1. The van der Waals surface area contributed by atoms with Gasteiger partial charge in [-0.3, -0.25) is 4.79 Å². The van der Waals surface area contributed by atoms with Crippen molar-refractivity contribution in [3.8, 4) is 0 Å². The smallest absolute Gasteiger partial charge is 0.393 e. The number of aliphatic hydroxyl groups excluding tert-OH is 1. The second kappa shape index (κ2) is 7.45. The lowest BCUT2D eigenvalue weighted by Crippen LogP contribution is -2.34. The number of halogens is 3. The number of rotatable bonds is 4. The van der Waals surface area contributed by atoms with Crippen LogP contribution < -0.4 is 10.6 Å². The summed E-state index contributed by atoms with van der Waals surface area (Å²) in [5.74, 6) is -0.520. The number of fused-ring (bicyclic) bond motifs is 1. The number of hydrogen-bond donors (Lipinski definition) is 3. The fraction of sp³-hybridized carbons (Fsp3) is 0.471. The molecule has 26 heavy (non-hydrogen) atoms. The lowest BCUT2D eigenvalue weighted by molar-refractivity contribution is -0.123. The molecule has 1 saturated carbocycles. The van der Waals surface area contributed by atoms with Gasteiger partial charge in [-0.2, -0.15) is 13.2 Å². The summed E-state index contributed by atoms with van der Waals surface area (Å²) in [6.45, 7) is -1.40. The van der Waals surface area contributed by atoms with Gasteiger partial charge in [-0.05, 0) is 31.7 Å². The fourth-order valence-corrected chi connectivity index (χ4v) is 2.99. The summed E-state index contributed by atoms with van der Waals surface area (Å²) in [6.07, 6.45) is -0.301. The number of carbonyl (C=O) groups is 1. The Bertz CT molecular complexity index is 789. The molecule has 1 heterocycles. The van der Waals surface area contributed by atoms with Gasteiger partial charge >= 0.3 is 6.18 Å². The van der Waals surface area contributed by atoms with Gasteiger partial charge in [-0.1, -0.05) is 12.1 Å². The van der Waals surface area contributed by atoms with Crippen LogP contribution in [-0.4, -0.2) is 45.8 Å². The van der Waals surface area contributed by atoms with Gasteiger partial charge in [-0.25, -0.2) is 9.97 Å². The molecule has 0 atom stereocenters. The van der Waals surface area contributed by atoms with Crippen LogP contribution in [0.15, 0.2) is 24.4 Å². The minimum Gasteiger partial charge on any atom is -0.393 e. The molecule has 1 aromatic heterocycles. The highest BCUT2D eigenvalue weighted by molar-refractivity contribution is 6.05. The zero-order valence-electron chi connectivity index (χ0n) is 13.9. The number of nitrogens with one attached hydrogen (secondary N) is 2. The number of nitrogens with zero attached hydrogens (tertiary/aromatic N) is 2. The second-order valence-corrected chi connectivity index (χ2v) is 6.38. The van der Waals surface area contributed by atoms with Crippen LogP contribution in [0.1, 0.15) is 36.0 Å². The molecule has 140 valence electrons. The quantitative estimate of drug-likeness (QED) is 0.772. The fourth-order valence-electron chi connectivity index (χ4n) is 2.99. The molecule has 1 aliphatic carbocycles. The maximum atomic E-state index is 12.3. The van der Waals surface area contributed by atoms with Crippen molar-refractivity contribution >= 4 is 22.8 Å². The van der Waals surface area contributed by atoms with Gasteiger partial charge in [0.25, 0.3) is 5.91 Å². The monoisotopic (exact) mass is 368 g/mol. The van der Waals surface area contributed by atoms with Crippen molar-refractivity contribution in [2.24, 2.45) is 0 Å². The Labute approximate surface area is 147 Å². The highest BCUT2D eigenvalue weighted by Gasteiger charge is 2.28. The van der Waals surface area contributed by atoms with Gasteiger partial charge in [-0.15, -0.1) is 0 Å².